The van der Waals surface area contributed by atoms with Crippen LogP contribution in [0.2, 0.25) is 0 Å². The van der Waals surface area contributed by atoms with Gasteiger partial charge in [-0.15, -0.1) is 12.4 Å². The van der Waals surface area contributed by atoms with E-state index in [9.17, 15) is 0 Å². The molecule has 0 aromatic heterocycles. The van der Waals surface area contributed by atoms with Crippen molar-refractivity contribution in [3.8, 4) is 0 Å². The summed E-state index contributed by atoms with van der Waals surface area (Å²) in [5.74, 6) is 0. The molecule has 0 aromatic rings. The highest BCUT2D eigenvalue weighted by Gasteiger charge is 2.40. The van der Waals surface area contributed by atoms with E-state index in [0.717, 1.165) is 6.04 Å². The van der Waals surface area contributed by atoms with Gasteiger partial charge in [0.05, 0.1) is 26.2 Å². The first-order valence-electron chi connectivity index (χ1n) is 5.82. The molecule has 0 aromatic carbocycles. The Kier molecular flexibility index (Phi) is 4.23. The maximum absolute atomic E-state index is 6.23. The normalized spacial score (nSPS) is 36.4. The van der Waals surface area contributed by atoms with E-state index in [1.807, 2.05) is 0 Å². The molecule has 1 heterocycles. The van der Waals surface area contributed by atoms with Gasteiger partial charge in [-0.2, -0.15) is 0 Å². The third kappa shape index (κ3) is 2.23. The minimum Gasteiger partial charge on any atom is -0.323 e. The summed E-state index contributed by atoms with van der Waals surface area (Å²) >= 11 is 0. The molecule has 2 fully saturated rings. The third-order valence-electron chi connectivity index (χ3n) is 4.17. The number of hydrogen-bond donors (Lipinski definition) is 1. The van der Waals surface area contributed by atoms with Crippen molar-refractivity contribution in [1.29, 1.82) is 0 Å². The van der Waals surface area contributed by atoms with E-state index in [4.69, 9.17) is 5.73 Å². The van der Waals surface area contributed by atoms with Gasteiger partial charge in [0.25, 0.3) is 0 Å². The zero-order valence-corrected chi connectivity index (χ0v) is 10.1. The molecule has 14 heavy (non-hydrogen) atoms. The van der Waals surface area contributed by atoms with Crippen molar-refractivity contribution in [2.24, 2.45) is 5.73 Å². The molecule has 2 aliphatic rings. The first-order chi connectivity index (χ1) is 6.22. The lowest BCUT2D eigenvalue weighted by molar-refractivity contribution is -0.924. The molecule has 2 nitrogen and oxygen atoms in total. The van der Waals surface area contributed by atoms with Gasteiger partial charge in [-0.1, -0.05) is 6.42 Å². The summed E-state index contributed by atoms with van der Waals surface area (Å²) in [6.45, 7) is 2.75. The summed E-state index contributed by atoms with van der Waals surface area (Å²) in [6, 6.07) is 1.26. The molecule has 1 aliphatic heterocycles. The van der Waals surface area contributed by atoms with Crippen LogP contribution in [-0.4, -0.2) is 36.7 Å². The molecule has 0 amide bonds. The maximum Gasteiger partial charge on any atom is 0.104 e. The van der Waals surface area contributed by atoms with Gasteiger partial charge in [0, 0.05) is 19.3 Å². The second-order valence-electron chi connectivity index (χ2n) is 5.15. The Morgan fingerprint density at radius 1 is 1.00 bits per heavy atom. The Labute approximate surface area is 93.8 Å². The van der Waals surface area contributed by atoms with Crippen LogP contribution in [0.4, 0.5) is 0 Å². The fourth-order valence-electron chi connectivity index (χ4n) is 3.30. The standard InChI is InChI=1S/C11H23N2.ClH/c1-13(8-4-5-9-13)11-7-3-2-6-10(11)12;/h10-11H,2-9,12H2,1H3;1H/q+1;. The average molecular weight is 220 g/mol. The number of nitrogens with two attached hydrogens (primary N) is 1. The van der Waals surface area contributed by atoms with Gasteiger partial charge in [-0.3, -0.25) is 0 Å². The number of nitrogens with zero attached hydrogens (tertiary/aromatic N) is 1. The van der Waals surface area contributed by atoms with Crippen LogP contribution in [0, 0.1) is 0 Å². The summed E-state index contributed by atoms with van der Waals surface area (Å²) in [6.07, 6.45) is 8.24. The number of hydrogen-bond acceptors (Lipinski definition) is 1. The molecule has 0 radical (unpaired) electrons. The van der Waals surface area contributed by atoms with E-state index in [-0.39, 0.29) is 12.4 Å². The number of likely N-dealkylation sites (tertiary alicyclic amines) is 1. The van der Waals surface area contributed by atoms with Crippen molar-refractivity contribution in [2.45, 2.75) is 50.6 Å². The van der Waals surface area contributed by atoms with Crippen molar-refractivity contribution in [3.63, 3.8) is 0 Å². The molecule has 84 valence electrons. The van der Waals surface area contributed by atoms with Crippen LogP contribution in [0.5, 0.6) is 0 Å². The first-order valence-corrected chi connectivity index (χ1v) is 5.82. The Morgan fingerprint density at radius 2 is 1.57 bits per heavy atom. The smallest absolute Gasteiger partial charge is 0.104 e. The molecule has 1 saturated carbocycles. The fourth-order valence-corrected chi connectivity index (χ4v) is 3.30. The van der Waals surface area contributed by atoms with E-state index in [2.05, 4.69) is 7.05 Å². The maximum atomic E-state index is 6.23. The summed E-state index contributed by atoms with van der Waals surface area (Å²) in [5.41, 5.74) is 6.23. The van der Waals surface area contributed by atoms with Crippen LogP contribution in [-0.2, 0) is 0 Å². The Hall–Kier alpha value is 0.210. The van der Waals surface area contributed by atoms with Crippen LogP contribution in [0.25, 0.3) is 0 Å². The van der Waals surface area contributed by atoms with Crippen molar-refractivity contribution in [3.05, 3.63) is 0 Å². The molecular weight excluding hydrogens is 196 g/mol. The molecule has 2 atom stereocenters. The lowest BCUT2D eigenvalue weighted by Crippen LogP contribution is -2.58. The lowest BCUT2D eigenvalue weighted by atomic mass is 9.89. The minimum absolute atomic E-state index is 0. The van der Waals surface area contributed by atoms with Gasteiger partial charge in [-0.25, -0.2) is 0 Å². The topological polar surface area (TPSA) is 26.0 Å². The van der Waals surface area contributed by atoms with Crippen molar-refractivity contribution in [2.75, 3.05) is 20.1 Å². The molecule has 1 aliphatic carbocycles. The first kappa shape index (κ1) is 12.3. The van der Waals surface area contributed by atoms with Crippen LogP contribution >= 0.6 is 12.4 Å². The summed E-state index contributed by atoms with van der Waals surface area (Å²) < 4.78 is 1.28. The number of likely N-dealkylation sites (N-methyl/N-ethyl adjacent to an activating group) is 1. The second-order valence-corrected chi connectivity index (χ2v) is 5.15. The molecule has 1 saturated heterocycles. The summed E-state index contributed by atoms with van der Waals surface area (Å²) in [7, 11) is 2.42. The van der Waals surface area contributed by atoms with Gasteiger partial charge in [0.15, 0.2) is 0 Å². The molecule has 2 N–H and O–H groups in total. The molecule has 0 bridgehead atoms. The van der Waals surface area contributed by atoms with E-state index in [0.29, 0.717) is 6.04 Å². The third-order valence-corrected chi connectivity index (χ3v) is 4.17. The van der Waals surface area contributed by atoms with Gasteiger partial charge < -0.3 is 10.2 Å². The largest absolute Gasteiger partial charge is 0.323 e. The van der Waals surface area contributed by atoms with Crippen molar-refractivity contribution < 1.29 is 4.48 Å². The van der Waals surface area contributed by atoms with Crippen LogP contribution < -0.4 is 5.73 Å². The Balaban J connectivity index is 0.000000980. The van der Waals surface area contributed by atoms with Gasteiger partial charge >= 0.3 is 0 Å². The molecule has 3 heteroatoms. The minimum atomic E-state index is 0. The second kappa shape index (κ2) is 4.82. The van der Waals surface area contributed by atoms with E-state index in [1.165, 1.54) is 56.1 Å². The predicted octanol–water partition coefficient (Wildman–Crippen LogP) is 1.92. The van der Waals surface area contributed by atoms with Crippen LogP contribution in [0.3, 0.4) is 0 Å². The summed E-state index contributed by atoms with van der Waals surface area (Å²) in [5, 5.41) is 0. The highest BCUT2D eigenvalue weighted by molar-refractivity contribution is 5.85. The molecule has 0 spiro atoms. The molecule has 2 rings (SSSR count). The van der Waals surface area contributed by atoms with E-state index >= 15 is 0 Å². The van der Waals surface area contributed by atoms with Crippen molar-refractivity contribution in [1.82, 2.24) is 0 Å². The van der Waals surface area contributed by atoms with Crippen LogP contribution in [0.1, 0.15) is 38.5 Å². The molecule has 2 unspecified atom stereocenters. The van der Waals surface area contributed by atoms with Gasteiger partial charge in [-0.05, 0) is 12.8 Å². The monoisotopic (exact) mass is 219 g/mol. The highest BCUT2D eigenvalue weighted by Crippen LogP contribution is 2.30. The predicted molar refractivity (Wildman–Crippen MR) is 62.6 cm³/mol. The van der Waals surface area contributed by atoms with Crippen molar-refractivity contribution >= 4 is 12.4 Å². The van der Waals surface area contributed by atoms with Crippen LogP contribution in [0.15, 0.2) is 0 Å². The number of halogens is 1. The Morgan fingerprint density at radius 3 is 2.14 bits per heavy atom. The zero-order chi connectivity index (χ0) is 9.31. The molecular formula is C11H24ClN2+. The van der Waals surface area contributed by atoms with E-state index < -0.39 is 0 Å². The SMILES string of the molecule is C[N+]1(C2CCCCC2N)CCCC1.Cl. The Bertz CT molecular complexity index is 178. The summed E-state index contributed by atoms with van der Waals surface area (Å²) in [4.78, 5) is 0. The average Bonchev–Trinajstić information content (AvgIpc) is 2.54. The lowest BCUT2D eigenvalue weighted by Gasteiger charge is -2.43. The number of rotatable bonds is 1. The highest BCUT2D eigenvalue weighted by atomic mass is 35.5. The van der Waals surface area contributed by atoms with Gasteiger partial charge in [0.2, 0.25) is 0 Å². The zero-order valence-electron chi connectivity index (χ0n) is 9.24. The number of quaternary nitrogens is 1. The van der Waals surface area contributed by atoms with E-state index in [1.54, 1.807) is 0 Å². The van der Waals surface area contributed by atoms with Gasteiger partial charge in [0.1, 0.15) is 6.04 Å². The fraction of sp³-hybridized carbons (Fsp3) is 1.00. The quantitative estimate of drug-likeness (QED) is 0.671.